The molecule has 0 spiro atoms. The van der Waals surface area contributed by atoms with Crippen LogP contribution in [0.4, 0.5) is 0 Å². The lowest BCUT2D eigenvalue weighted by atomic mass is 9.83. The quantitative estimate of drug-likeness (QED) is 0.862. The molecule has 0 radical (unpaired) electrons. The minimum absolute atomic E-state index is 0.0520. The Morgan fingerprint density at radius 1 is 1.28 bits per heavy atom. The summed E-state index contributed by atoms with van der Waals surface area (Å²) in [4.78, 5) is 12.2. The van der Waals surface area contributed by atoms with Crippen molar-refractivity contribution in [3.8, 4) is 0 Å². The molecule has 1 aromatic rings. The van der Waals surface area contributed by atoms with Crippen molar-refractivity contribution in [3.05, 3.63) is 35.9 Å². The predicted molar refractivity (Wildman–Crippen MR) is 74.5 cm³/mol. The Morgan fingerprint density at radius 2 is 1.89 bits per heavy atom. The molecule has 98 valence electrons. The maximum absolute atomic E-state index is 12.2. The van der Waals surface area contributed by atoms with E-state index >= 15 is 0 Å². The second kappa shape index (κ2) is 5.13. The summed E-state index contributed by atoms with van der Waals surface area (Å²) in [5.41, 5.74) is 0.870. The average molecular weight is 245 g/mol. The van der Waals surface area contributed by atoms with E-state index in [1.807, 2.05) is 30.3 Å². The van der Waals surface area contributed by atoms with E-state index in [9.17, 15) is 4.79 Å². The van der Waals surface area contributed by atoms with Crippen LogP contribution in [0.5, 0.6) is 0 Å². The summed E-state index contributed by atoms with van der Waals surface area (Å²) in [6, 6.07) is 9.74. The Morgan fingerprint density at radius 3 is 2.39 bits per heavy atom. The fourth-order valence-corrected chi connectivity index (χ4v) is 2.15. The molecule has 0 saturated heterocycles. The first-order valence-electron chi connectivity index (χ1n) is 6.83. The van der Waals surface area contributed by atoms with Gasteiger partial charge in [0.2, 0.25) is 0 Å². The molecule has 2 heteroatoms. The number of carbonyl (C=O) groups is 1. The second-order valence-electron chi connectivity index (χ2n) is 6.44. The van der Waals surface area contributed by atoms with E-state index in [-0.39, 0.29) is 17.4 Å². The lowest BCUT2D eigenvalue weighted by Gasteiger charge is -2.31. The van der Waals surface area contributed by atoms with Gasteiger partial charge in [0, 0.05) is 11.6 Å². The molecule has 1 N–H and O–H groups in total. The van der Waals surface area contributed by atoms with Crippen LogP contribution in [0.1, 0.15) is 50.4 Å². The van der Waals surface area contributed by atoms with Crippen molar-refractivity contribution in [2.24, 2.45) is 11.3 Å². The number of carbonyl (C=O) groups excluding carboxylic acids is 1. The summed E-state index contributed by atoms with van der Waals surface area (Å²) in [5.74, 6) is 0.876. The molecule has 1 amide bonds. The lowest BCUT2D eigenvalue weighted by Crippen LogP contribution is -2.44. The van der Waals surface area contributed by atoms with Crippen LogP contribution in [0.3, 0.4) is 0 Å². The van der Waals surface area contributed by atoms with Crippen molar-refractivity contribution >= 4 is 5.91 Å². The Balaban J connectivity index is 2.02. The van der Waals surface area contributed by atoms with Crippen LogP contribution in [0.2, 0.25) is 0 Å². The van der Waals surface area contributed by atoms with Crippen molar-refractivity contribution in [3.63, 3.8) is 0 Å². The molecule has 2 nitrogen and oxygen atoms in total. The predicted octanol–water partition coefficient (Wildman–Crippen LogP) is 3.63. The molecule has 1 fully saturated rings. The number of amides is 1. The zero-order valence-electron chi connectivity index (χ0n) is 11.6. The zero-order chi connectivity index (χ0) is 13.2. The molecule has 18 heavy (non-hydrogen) atoms. The van der Waals surface area contributed by atoms with Gasteiger partial charge in [-0.15, -0.1) is 0 Å². The van der Waals surface area contributed by atoms with Gasteiger partial charge in [-0.2, -0.15) is 0 Å². The number of hydrogen-bond acceptors (Lipinski definition) is 1. The van der Waals surface area contributed by atoms with E-state index in [1.165, 1.54) is 12.8 Å². The van der Waals surface area contributed by atoms with E-state index in [2.05, 4.69) is 26.1 Å². The van der Waals surface area contributed by atoms with Gasteiger partial charge < -0.3 is 5.32 Å². The van der Waals surface area contributed by atoms with Crippen LogP contribution in [0, 0.1) is 11.3 Å². The largest absolute Gasteiger partial charge is 0.349 e. The van der Waals surface area contributed by atoms with Crippen LogP contribution in [0.15, 0.2) is 30.3 Å². The van der Waals surface area contributed by atoms with Gasteiger partial charge in [0.1, 0.15) is 0 Å². The van der Waals surface area contributed by atoms with Crippen molar-refractivity contribution in [2.45, 2.75) is 46.1 Å². The maximum Gasteiger partial charge on any atom is 0.251 e. The number of hydrogen-bond donors (Lipinski definition) is 1. The molecular formula is C16H23NO. The third-order valence-corrected chi connectivity index (χ3v) is 3.65. The number of nitrogens with one attached hydrogen (secondary N) is 1. The number of benzene rings is 1. The van der Waals surface area contributed by atoms with Gasteiger partial charge in [0.05, 0.1) is 0 Å². The molecule has 1 aliphatic rings. The Bertz CT molecular complexity index is 401. The Hall–Kier alpha value is -1.31. The molecule has 0 aromatic heterocycles. The lowest BCUT2D eigenvalue weighted by molar-refractivity contribution is 0.0894. The topological polar surface area (TPSA) is 29.1 Å². The van der Waals surface area contributed by atoms with Gasteiger partial charge in [-0.25, -0.2) is 0 Å². The highest BCUT2D eigenvalue weighted by Gasteiger charge is 2.33. The smallest absolute Gasteiger partial charge is 0.251 e. The fraction of sp³-hybridized carbons (Fsp3) is 0.562. The van der Waals surface area contributed by atoms with E-state index in [1.54, 1.807) is 0 Å². The summed E-state index contributed by atoms with van der Waals surface area (Å²) in [5, 5.41) is 3.21. The van der Waals surface area contributed by atoms with Gasteiger partial charge >= 0.3 is 0 Å². The second-order valence-corrected chi connectivity index (χ2v) is 6.44. The highest BCUT2D eigenvalue weighted by molar-refractivity contribution is 5.94. The van der Waals surface area contributed by atoms with Crippen LogP contribution in [-0.2, 0) is 0 Å². The average Bonchev–Trinajstić information content (AvgIpc) is 3.12. The van der Waals surface area contributed by atoms with Gasteiger partial charge in [-0.1, -0.05) is 51.8 Å². The molecule has 1 unspecified atom stereocenters. The minimum atomic E-state index is 0.0520. The summed E-state index contributed by atoms with van der Waals surface area (Å²) >= 11 is 0. The maximum atomic E-state index is 12.2. The summed E-state index contributed by atoms with van der Waals surface area (Å²) < 4.78 is 0. The van der Waals surface area contributed by atoms with Gasteiger partial charge in [-0.3, -0.25) is 4.79 Å². The summed E-state index contributed by atoms with van der Waals surface area (Å²) in [6.45, 7) is 6.60. The minimum Gasteiger partial charge on any atom is -0.349 e. The van der Waals surface area contributed by atoms with Gasteiger partial charge in [-0.05, 0) is 29.9 Å². The van der Waals surface area contributed by atoms with E-state index in [4.69, 9.17) is 0 Å². The molecule has 0 bridgehead atoms. The molecular weight excluding hydrogens is 222 g/mol. The van der Waals surface area contributed by atoms with Crippen LogP contribution < -0.4 is 5.32 Å². The number of rotatable bonds is 4. The molecule has 2 rings (SSSR count). The molecule has 1 saturated carbocycles. The third kappa shape index (κ3) is 3.59. The Labute approximate surface area is 110 Å². The van der Waals surface area contributed by atoms with Crippen molar-refractivity contribution in [1.82, 2.24) is 5.32 Å². The summed E-state index contributed by atoms with van der Waals surface area (Å²) in [6.07, 6.45) is 3.77. The first kappa shape index (κ1) is 13.1. The molecule has 0 heterocycles. The molecule has 1 aromatic carbocycles. The van der Waals surface area contributed by atoms with E-state index in [0.29, 0.717) is 0 Å². The Kier molecular flexibility index (Phi) is 3.74. The van der Waals surface area contributed by atoms with Crippen molar-refractivity contribution < 1.29 is 4.79 Å². The molecule has 0 aliphatic heterocycles. The van der Waals surface area contributed by atoms with E-state index in [0.717, 1.165) is 17.9 Å². The zero-order valence-corrected chi connectivity index (χ0v) is 11.6. The standard InChI is InChI=1S/C16H23NO/c1-16(2,3)14(11-12-9-10-12)17-15(18)13-7-5-4-6-8-13/h4-8,12,14H,9-11H2,1-3H3,(H,17,18). The monoisotopic (exact) mass is 245 g/mol. The van der Waals surface area contributed by atoms with Crippen LogP contribution in [0.25, 0.3) is 0 Å². The normalized spacial score (nSPS) is 17.3. The molecule has 1 atom stereocenters. The van der Waals surface area contributed by atoms with Crippen molar-refractivity contribution in [1.29, 1.82) is 0 Å². The first-order valence-corrected chi connectivity index (χ1v) is 6.83. The fourth-order valence-electron chi connectivity index (χ4n) is 2.15. The van der Waals surface area contributed by atoms with Gasteiger partial charge in [0.15, 0.2) is 0 Å². The van der Waals surface area contributed by atoms with Crippen LogP contribution >= 0.6 is 0 Å². The first-order chi connectivity index (χ1) is 8.47. The van der Waals surface area contributed by atoms with Gasteiger partial charge in [0.25, 0.3) is 5.91 Å². The highest BCUT2D eigenvalue weighted by Crippen LogP contribution is 2.37. The highest BCUT2D eigenvalue weighted by atomic mass is 16.1. The van der Waals surface area contributed by atoms with Crippen LogP contribution in [-0.4, -0.2) is 11.9 Å². The SMILES string of the molecule is CC(C)(C)C(CC1CC1)NC(=O)c1ccccc1. The third-order valence-electron chi connectivity index (χ3n) is 3.65. The molecule has 1 aliphatic carbocycles. The summed E-state index contributed by atoms with van der Waals surface area (Å²) in [7, 11) is 0. The van der Waals surface area contributed by atoms with E-state index < -0.39 is 0 Å². The van der Waals surface area contributed by atoms with Crippen molar-refractivity contribution in [2.75, 3.05) is 0 Å².